The van der Waals surface area contributed by atoms with E-state index < -0.39 is 6.10 Å². The average Bonchev–Trinajstić information content (AvgIpc) is 2.52. The summed E-state index contributed by atoms with van der Waals surface area (Å²) in [5, 5.41) is 2.87. The fourth-order valence-electron chi connectivity index (χ4n) is 2.06. The maximum atomic E-state index is 12.1. The molecule has 0 fully saturated rings. The van der Waals surface area contributed by atoms with Crippen LogP contribution >= 0.6 is 0 Å². The summed E-state index contributed by atoms with van der Waals surface area (Å²) in [7, 11) is 1.62. The van der Waals surface area contributed by atoms with E-state index >= 15 is 0 Å². The van der Waals surface area contributed by atoms with E-state index in [2.05, 4.69) is 5.32 Å². The van der Waals surface area contributed by atoms with E-state index in [1.54, 1.807) is 14.0 Å². The van der Waals surface area contributed by atoms with Crippen molar-refractivity contribution >= 4 is 5.91 Å². The Balaban J connectivity index is 1.88. The molecule has 0 heterocycles. The van der Waals surface area contributed by atoms with Crippen LogP contribution in [0, 0.1) is 6.92 Å². The van der Waals surface area contributed by atoms with Gasteiger partial charge in [0.05, 0.1) is 7.11 Å². The molecule has 0 saturated heterocycles. The summed E-state index contributed by atoms with van der Waals surface area (Å²) < 4.78 is 10.8. The third kappa shape index (κ3) is 4.52. The normalized spacial score (nSPS) is 11.6. The number of carbonyl (C=O) groups is 1. The summed E-state index contributed by atoms with van der Waals surface area (Å²) in [6, 6.07) is 15.2. The van der Waals surface area contributed by atoms with Crippen LogP contribution in [0.25, 0.3) is 0 Å². The van der Waals surface area contributed by atoms with E-state index in [-0.39, 0.29) is 5.91 Å². The standard InChI is InChI=1S/C18H21NO3/c1-13-6-4-9-17(10-13)22-14(2)18(20)19-12-15-7-5-8-16(11-15)21-3/h4-11,14H,12H2,1-3H3,(H,19,20)/t14-/m1/s1. The molecule has 0 aromatic heterocycles. The lowest BCUT2D eigenvalue weighted by Gasteiger charge is -2.15. The maximum absolute atomic E-state index is 12.1. The number of aryl methyl sites for hydroxylation is 1. The zero-order valence-corrected chi connectivity index (χ0v) is 13.1. The van der Waals surface area contributed by atoms with Crippen molar-refractivity contribution in [1.29, 1.82) is 0 Å². The summed E-state index contributed by atoms with van der Waals surface area (Å²) in [4.78, 5) is 12.1. The van der Waals surface area contributed by atoms with Gasteiger partial charge in [-0.3, -0.25) is 4.79 Å². The summed E-state index contributed by atoms with van der Waals surface area (Å²) in [6.45, 7) is 4.17. The number of methoxy groups -OCH3 is 1. The van der Waals surface area contributed by atoms with Crippen LogP contribution in [-0.4, -0.2) is 19.1 Å². The van der Waals surface area contributed by atoms with E-state index in [0.29, 0.717) is 12.3 Å². The van der Waals surface area contributed by atoms with Gasteiger partial charge in [-0.15, -0.1) is 0 Å². The minimum absolute atomic E-state index is 0.149. The Morgan fingerprint density at radius 2 is 1.86 bits per heavy atom. The molecule has 2 aromatic carbocycles. The van der Waals surface area contributed by atoms with Gasteiger partial charge in [0.1, 0.15) is 11.5 Å². The van der Waals surface area contributed by atoms with E-state index in [4.69, 9.17) is 9.47 Å². The summed E-state index contributed by atoms with van der Waals surface area (Å²) >= 11 is 0. The number of nitrogens with one attached hydrogen (secondary N) is 1. The molecule has 0 saturated carbocycles. The maximum Gasteiger partial charge on any atom is 0.261 e. The highest BCUT2D eigenvalue weighted by atomic mass is 16.5. The molecule has 0 radical (unpaired) electrons. The van der Waals surface area contributed by atoms with Crippen molar-refractivity contribution in [1.82, 2.24) is 5.32 Å². The predicted molar refractivity (Wildman–Crippen MR) is 86.1 cm³/mol. The van der Waals surface area contributed by atoms with Crippen LogP contribution in [0.5, 0.6) is 11.5 Å². The zero-order valence-electron chi connectivity index (χ0n) is 13.1. The Morgan fingerprint density at radius 3 is 2.59 bits per heavy atom. The molecule has 4 nitrogen and oxygen atoms in total. The first kappa shape index (κ1) is 15.9. The van der Waals surface area contributed by atoms with Crippen LogP contribution in [0.4, 0.5) is 0 Å². The van der Waals surface area contributed by atoms with E-state index in [9.17, 15) is 4.79 Å². The molecule has 0 aliphatic heterocycles. The second-order valence-electron chi connectivity index (χ2n) is 5.15. The molecule has 2 rings (SSSR count). The molecular weight excluding hydrogens is 278 g/mol. The van der Waals surface area contributed by atoms with Crippen LogP contribution in [0.1, 0.15) is 18.1 Å². The Hall–Kier alpha value is -2.49. The molecule has 22 heavy (non-hydrogen) atoms. The summed E-state index contributed by atoms with van der Waals surface area (Å²) in [5.74, 6) is 1.32. The molecule has 4 heteroatoms. The number of hydrogen-bond donors (Lipinski definition) is 1. The Bertz CT molecular complexity index is 640. The first-order valence-corrected chi connectivity index (χ1v) is 7.22. The van der Waals surface area contributed by atoms with Crippen molar-refractivity contribution < 1.29 is 14.3 Å². The molecule has 116 valence electrons. The minimum atomic E-state index is -0.549. The number of ether oxygens (including phenoxy) is 2. The zero-order chi connectivity index (χ0) is 15.9. The van der Waals surface area contributed by atoms with Gasteiger partial charge in [0.2, 0.25) is 0 Å². The molecule has 0 aliphatic rings. The second-order valence-corrected chi connectivity index (χ2v) is 5.15. The van der Waals surface area contributed by atoms with Gasteiger partial charge in [-0.05, 0) is 49.2 Å². The second kappa shape index (κ2) is 7.50. The van der Waals surface area contributed by atoms with Crippen molar-refractivity contribution in [2.45, 2.75) is 26.5 Å². The highest BCUT2D eigenvalue weighted by Gasteiger charge is 2.14. The monoisotopic (exact) mass is 299 g/mol. The average molecular weight is 299 g/mol. The van der Waals surface area contributed by atoms with Gasteiger partial charge < -0.3 is 14.8 Å². The van der Waals surface area contributed by atoms with Crippen molar-refractivity contribution in [2.24, 2.45) is 0 Å². The van der Waals surface area contributed by atoms with E-state index in [0.717, 1.165) is 16.9 Å². The fraction of sp³-hybridized carbons (Fsp3) is 0.278. The van der Waals surface area contributed by atoms with Gasteiger partial charge in [-0.2, -0.15) is 0 Å². The largest absolute Gasteiger partial charge is 0.497 e. The van der Waals surface area contributed by atoms with Crippen molar-refractivity contribution in [2.75, 3.05) is 7.11 Å². The minimum Gasteiger partial charge on any atom is -0.497 e. The summed E-state index contributed by atoms with van der Waals surface area (Å²) in [5.41, 5.74) is 2.08. The van der Waals surface area contributed by atoms with E-state index in [1.165, 1.54) is 0 Å². The fourth-order valence-corrected chi connectivity index (χ4v) is 2.06. The van der Waals surface area contributed by atoms with Gasteiger partial charge in [0.15, 0.2) is 6.10 Å². The summed E-state index contributed by atoms with van der Waals surface area (Å²) in [6.07, 6.45) is -0.549. The van der Waals surface area contributed by atoms with Crippen LogP contribution in [-0.2, 0) is 11.3 Å². The van der Waals surface area contributed by atoms with Crippen molar-refractivity contribution in [3.8, 4) is 11.5 Å². The molecule has 0 spiro atoms. The highest BCUT2D eigenvalue weighted by Crippen LogP contribution is 2.15. The Morgan fingerprint density at radius 1 is 1.14 bits per heavy atom. The third-order valence-electron chi connectivity index (χ3n) is 3.27. The van der Waals surface area contributed by atoms with Crippen molar-refractivity contribution in [3.63, 3.8) is 0 Å². The Kier molecular flexibility index (Phi) is 5.42. The number of hydrogen-bond acceptors (Lipinski definition) is 3. The number of amides is 1. The lowest BCUT2D eigenvalue weighted by atomic mass is 10.2. The number of rotatable bonds is 6. The van der Waals surface area contributed by atoms with E-state index in [1.807, 2.05) is 55.5 Å². The number of benzene rings is 2. The first-order valence-electron chi connectivity index (χ1n) is 7.22. The molecule has 0 aliphatic carbocycles. The van der Waals surface area contributed by atoms with Crippen molar-refractivity contribution in [3.05, 3.63) is 59.7 Å². The predicted octanol–water partition coefficient (Wildman–Crippen LogP) is 3.09. The topological polar surface area (TPSA) is 47.6 Å². The first-order chi connectivity index (χ1) is 10.6. The molecule has 1 amide bonds. The van der Waals surface area contributed by atoms with Gasteiger partial charge in [0.25, 0.3) is 5.91 Å². The number of carbonyl (C=O) groups excluding carboxylic acids is 1. The van der Waals surface area contributed by atoms with Gasteiger partial charge in [-0.25, -0.2) is 0 Å². The van der Waals surface area contributed by atoms with Crippen LogP contribution < -0.4 is 14.8 Å². The SMILES string of the molecule is COc1cccc(CNC(=O)[C@@H](C)Oc2cccc(C)c2)c1. The molecule has 0 bridgehead atoms. The molecule has 0 unspecified atom stereocenters. The van der Waals surface area contributed by atoms with Gasteiger partial charge in [-0.1, -0.05) is 24.3 Å². The van der Waals surface area contributed by atoms with Gasteiger partial charge >= 0.3 is 0 Å². The van der Waals surface area contributed by atoms with Crippen LogP contribution in [0.2, 0.25) is 0 Å². The smallest absolute Gasteiger partial charge is 0.261 e. The van der Waals surface area contributed by atoms with Crippen LogP contribution in [0.3, 0.4) is 0 Å². The lowest BCUT2D eigenvalue weighted by molar-refractivity contribution is -0.127. The van der Waals surface area contributed by atoms with Gasteiger partial charge in [0, 0.05) is 6.54 Å². The highest BCUT2D eigenvalue weighted by molar-refractivity contribution is 5.80. The lowest BCUT2D eigenvalue weighted by Crippen LogP contribution is -2.35. The quantitative estimate of drug-likeness (QED) is 0.891. The molecule has 2 aromatic rings. The molecular formula is C18H21NO3. The molecule has 1 N–H and O–H groups in total. The Labute approximate surface area is 131 Å². The molecule has 1 atom stereocenters. The van der Waals surface area contributed by atoms with Crippen LogP contribution in [0.15, 0.2) is 48.5 Å². The third-order valence-corrected chi connectivity index (χ3v) is 3.27.